The third-order valence-corrected chi connectivity index (χ3v) is 11.7. The van der Waals surface area contributed by atoms with Gasteiger partial charge in [-0.1, -0.05) is 44.9 Å². The number of nitrogens with one attached hydrogen (secondary N) is 1. The second-order valence-corrected chi connectivity index (χ2v) is 17.9. The van der Waals surface area contributed by atoms with Crippen LogP contribution < -0.4 is 14.2 Å². The van der Waals surface area contributed by atoms with Gasteiger partial charge in [-0.3, -0.25) is 19.2 Å². The number of fused-ring (bicyclic) bond motifs is 1. The van der Waals surface area contributed by atoms with Crippen molar-refractivity contribution in [3.63, 3.8) is 0 Å². The molecule has 1 aliphatic heterocycles. The number of para-hydroxylation sites is 1. The van der Waals surface area contributed by atoms with Crippen molar-refractivity contribution in [2.75, 3.05) is 13.2 Å². The maximum absolute atomic E-state index is 14.4. The highest BCUT2D eigenvalue weighted by Crippen LogP contribution is 2.58. The minimum absolute atomic E-state index is 0.0122. The van der Waals surface area contributed by atoms with Crippen LogP contribution in [0.2, 0.25) is 5.02 Å². The minimum Gasteiger partial charge on any atom is -0.488 e. The summed E-state index contributed by atoms with van der Waals surface area (Å²) in [6, 6.07) is 5.90. The van der Waals surface area contributed by atoms with E-state index in [1.807, 2.05) is 27.7 Å². The van der Waals surface area contributed by atoms with Crippen LogP contribution in [0.3, 0.4) is 0 Å². The molecule has 0 radical (unpaired) electrons. The van der Waals surface area contributed by atoms with E-state index in [1.54, 1.807) is 52.0 Å². The zero-order chi connectivity index (χ0) is 39.1. The number of amides is 2. The van der Waals surface area contributed by atoms with Crippen LogP contribution in [0.5, 0.6) is 11.6 Å². The summed E-state index contributed by atoms with van der Waals surface area (Å²) >= 11 is 6.50. The standard InChI is InChI=1S/C38H52ClN3O10S/c1-9-23-19-38(23,35(46)41-53(47,48)52-37(8)14-15-37)20-29(43)28-16-24(21-42(28)34(45)26(22(3)4)17-32(44)51-36(5,6)7)50-30-18-31(49-10-2)40-33-25(30)12-11-13-27(33)39/h11-13,18,22-24,26,28H,9-10,14-17,19-21H2,1-8H3,(H,41,46)/t23-,24-,26+,28+,38-/m1/s1. The van der Waals surface area contributed by atoms with E-state index in [2.05, 4.69) is 9.71 Å². The summed E-state index contributed by atoms with van der Waals surface area (Å²) in [5, 5.41) is 1.01. The lowest BCUT2D eigenvalue weighted by Crippen LogP contribution is -2.47. The smallest absolute Gasteiger partial charge is 0.362 e. The molecule has 2 aliphatic carbocycles. The van der Waals surface area contributed by atoms with E-state index in [4.69, 9.17) is 30.0 Å². The molecular formula is C38H52ClN3O10S. The van der Waals surface area contributed by atoms with E-state index in [0.29, 0.717) is 59.8 Å². The molecule has 2 amide bonds. The maximum atomic E-state index is 14.4. The number of aromatic nitrogens is 1. The van der Waals surface area contributed by atoms with Crippen LogP contribution in [0.1, 0.15) is 100 Å². The Balaban J connectivity index is 1.44. The molecule has 0 unspecified atom stereocenters. The first-order chi connectivity index (χ1) is 24.7. The van der Waals surface area contributed by atoms with Crippen LogP contribution in [-0.2, 0) is 38.4 Å². The molecule has 2 saturated carbocycles. The maximum Gasteiger partial charge on any atom is 0.362 e. The summed E-state index contributed by atoms with van der Waals surface area (Å²) in [5.74, 6) is -2.78. The summed E-state index contributed by atoms with van der Waals surface area (Å²) < 4.78 is 50.7. The van der Waals surface area contributed by atoms with E-state index < -0.39 is 68.6 Å². The van der Waals surface area contributed by atoms with Gasteiger partial charge in [-0.15, -0.1) is 0 Å². The third kappa shape index (κ3) is 9.61. The quantitative estimate of drug-likeness (QED) is 0.200. The van der Waals surface area contributed by atoms with E-state index in [-0.39, 0.29) is 37.6 Å². The highest BCUT2D eigenvalue weighted by atomic mass is 35.5. The molecule has 0 bridgehead atoms. The van der Waals surface area contributed by atoms with Gasteiger partial charge < -0.3 is 19.1 Å². The number of nitrogens with zero attached hydrogens (tertiary/aromatic N) is 2. The minimum atomic E-state index is -4.41. The Morgan fingerprint density at radius 3 is 2.42 bits per heavy atom. The number of hydrogen-bond acceptors (Lipinski definition) is 11. The van der Waals surface area contributed by atoms with Crippen molar-refractivity contribution in [1.82, 2.24) is 14.6 Å². The first-order valence-electron chi connectivity index (χ1n) is 18.4. The van der Waals surface area contributed by atoms with Gasteiger partial charge in [0, 0.05) is 24.3 Å². The number of hydrogen-bond donors (Lipinski definition) is 1. The summed E-state index contributed by atoms with van der Waals surface area (Å²) in [7, 11) is -4.41. The van der Waals surface area contributed by atoms with Crippen LogP contribution in [0, 0.1) is 23.2 Å². The number of Topliss-reactive ketones (excluding diaryl/α,β-unsaturated/α-hetero) is 1. The average Bonchev–Trinajstić information content (AvgIpc) is 3.91. The second kappa shape index (κ2) is 15.3. The van der Waals surface area contributed by atoms with Crippen LogP contribution in [0.25, 0.3) is 10.9 Å². The monoisotopic (exact) mass is 777 g/mol. The van der Waals surface area contributed by atoms with Crippen LogP contribution >= 0.6 is 11.6 Å². The molecule has 13 nitrogen and oxygen atoms in total. The fraction of sp³-hybridized carbons (Fsp3) is 0.658. The molecule has 3 fully saturated rings. The van der Waals surface area contributed by atoms with Gasteiger partial charge in [-0.05, 0) is 77.8 Å². The highest BCUT2D eigenvalue weighted by molar-refractivity contribution is 7.85. The molecule has 1 N–H and O–H groups in total. The van der Waals surface area contributed by atoms with E-state index in [9.17, 15) is 27.6 Å². The van der Waals surface area contributed by atoms with E-state index >= 15 is 0 Å². The van der Waals surface area contributed by atoms with E-state index in [0.717, 1.165) is 0 Å². The van der Waals surface area contributed by atoms with Crippen LogP contribution in [0.4, 0.5) is 0 Å². The molecule has 53 heavy (non-hydrogen) atoms. The Kier molecular flexibility index (Phi) is 11.8. The van der Waals surface area contributed by atoms with Crippen molar-refractivity contribution in [2.45, 2.75) is 124 Å². The lowest BCUT2D eigenvalue weighted by Gasteiger charge is -2.31. The molecule has 1 saturated heterocycles. The number of likely N-dealkylation sites (tertiary alicyclic amines) is 1. The SMILES string of the molecule is CCOc1cc(O[C@@H]2C[C@@H](C(=O)C[C@]3(C(=O)NS(=O)(=O)OC4(C)CC4)C[C@H]3CC)N(C(=O)[C@@H](CC(=O)OC(C)(C)C)C(C)C)C2)c2cccc(Cl)c2n1. The van der Waals surface area contributed by atoms with Crippen molar-refractivity contribution in [3.8, 4) is 11.6 Å². The second-order valence-electron chi connectivity index (χ2n) is 16.2. The number of rotatable bonds is 16. The number of ketones is 1. The number of carbonyl (C=O) groups excluding carboxylic acids is 4. The number of halogens is 1. The largest absolute Gasteiger partial charge is 0.488 e. The molecule has 15 heteroatoms. The Morgan fingerprint density at radius 1 is 1.13 bits per heavy atom. The van der Waals surface area contributed by atoms with Gasteiger partial charge >= 0.3 is 16.3 Å². The van der Waals surface area contributed by atoms with Crippen molar-refractivity contribution in [2.24, 2.45) is 23.2 Å². The number of pyridine rings is 1. The van der Waals surface area contributed by atoms with Gasteiger partial charge in [0.15, 0.2) is 5.78 Å². The lowest BCUT2D eigenvalue weighted by molar-refractivity contribution is -0.159. The Labute approximate surface area is 317 Å². The molecule has 1 aromatic carbocycles. The zero-order valence-electron chi connectivity index (χ0n) is 31.8. The van der Waals surface area contributed by atoms with E-state index in [1.165, 1.54) is 4.90 Å². The van der Waals surface area contributed by atoms with Gasteiger partial charge in [0.05, 0.1) is 53.1 Å². The topological polar surface area (TPSA) is 167 Å². The molecule has 2 aromatic rings. The Hall–Kier alpha value is -3.49. The number of ether oxygens (including phenoxy) is 3. The molecule has 0 spiro atoms. The summed E-state index contributed by atoms with van der Waals surface area (Å²) in [6.07, 6.45) is 0.895. The lowest BCUT2D eigenvalue weighted by atomic mass is 9.88. The first-order valence-corrected chi connectivity index (χ1v) is 20.2. The fourth-order valence-electron chi connectivity index (χ4n) is 7.15. The van der Waals surface area contributed by atoms with Crippen molar-refractivity contribution in [1.29, 1.82) is 0 Å². The Bertz CT molecular complexity index is 1860. The summed E-state index contributed by atoms with van der Waals surface area (Å²) in [4.78, 5) is 61.5. The molecule has 5 rings (SSSR count). The average molecular weight is 778 g/mol. The first kappa shape index (κ1) is 40.7. The molecule has 5 atom stereocenters. The van der Waals surface area contributed by atoms with Crippen molar-refractivity contribution in [3.05, 3.63) is 29.3 Å². The summed E-state index contributed by atoms with van der Waals surface area (Å²) in [6.45, 7) is 14.6. The van der Waals surface area contributed by atoms with Gasteiger partial charge in [0.1, 0.15) is 17.5 Å². The van der Waals surface area contributed by atoms with Crippen molar-refractivity contribution >= 4 is 56.4 Å². The van der Waals surface area contributed by atoms with Gasteiger partial charge in [-0.25, -0.2) is 13.9 Å². The predicted molar refractivity (Wildman–Crippen MR) is 197 cm³/mol. The fourth-order valence-corrected chi connectivity index (χ4v) is 8.54. The van der Waals surface area contributed by atoms with Crippen molar-refractivity contribution < 1.29 is 46.0 Å². The molecule has 2 heterocycles. The number of carbonyl (C=O) groups is 4. The number of benzene rings is 1. The van der Waals surface area contributed by atoms with Gasteiger partial charge in [-0.2, -0.15) is 8.42 Å². The molecule has 1 aromatic heterocycles. The zero-order valence-corrected chi connectivity index (χ0v) is 33.4. The molecule has 292 valence electrons. The van der Waals surface area contributed by atoms with Crippen LogP contribution in [0.15, 0.2) is 24.3 Å². The molecular weight excluding hydrogens is 726 g/mol. The van der Waals surface area contributed by atoms with Crippen LogP contribution in [-0.4, -0.2) is 78.4 Å². The number of esters is 1. The third-order valence-electron chi connectivity index (χ3n) is 10.3. The Morgan fingerprint density at radius 2 is 1.83 bits per heavy atom. The summed E-state index contributed by atoms with van der Waals surface area (Å²) in [5.41, 5.74) is -2.41. The highest BCUT2D eigenvalue weighted by Gasteiger charge is 2.61. The van der Waals surface area contributed by atoms with Gasteiger partial charge in [0.2, 0.25) is 17.7 Å². The normalized spacial score (nSPS) is 24.1. The van der Waals surface area contributed by atoms with Gasteiger partial charge in [0.25, 0.3) is 0 Å². The predicted octanol–water partition coefficient (Wildman–Crippen LogP) is 5.94. The molecule has 3 aliphatic rings.